The topological polar surface area (TPSA) is 65.2 Å². The average molecular weight is 286 g/mol. The molecule has 5 heteroatoms. The van der Waals surface area contributed by atoms with Crippen molar-refractivity contribution in [2.24, 2.45) is 5.41 Å². The van der Waals surface area contributed by atoms with Gasteiger partial charge in [-0.2, -0.15) is 4.98 Å². The van der Waals surface area contributed by atoms with Crippen molar-refractivity contribution in [2.75, 3.05) is 6.61 Å². The summed E-state index contributed by atoms with van der Waals surface area (Å²) in [6.07, 6.45) is 0.172. The highest BCUT2D eigenvalue weighted by atomic mass is 16.5. The average Bonchev–Trinajstić information content (AvgIpc) is 3.03. The number of Topliss-reactive ketones (excluding diaryl/α,β-unsaturated/α-hetero) is 1. The van der Waals surface area contributed by atoms with Gasteiger partial charge in [0.1, 0.15) is 18.1 Å². The van der Waals surface area contributed by atoms with Crippen LogP contribution in [0.15, 0.2) is 28.8 Å². The highest BCUT2D eigenvalue weighted by Crippen LogP contribution is 2.36. The van der Waals surface area contributed by atoms with Crippen molar-refractivity contribution < 1.29 is 14.1 Å². The first-order valence-electron chi connectivity index (χ1n) is 7.02. The molecule has 1 aromatic heterocycles. The van der Waals surface area contributed by atoms with E-state index in [1.807, 2.05) is 45.0 Å². The number of rotatable bonds is 3. The van der Waals surface area contributed by atoms with Gasteiger partial charge in [-0.15, -0.1) is 0 Å². The molecule has 0 aliphatic carbocycles. The van der Waals surface area contributed by atoms with Crippen molar-refractivity contribution in [1.29, 1.82) is 0 Å². The molecule has 21 heavy (non-hydrogen) atoms. The molecule has 1 aliphatic rings. The van der Waals surface area contributed by atoms with Gasteiger partial charge in [0.05, 0.1) is 12.3 Å². The Morgan fingerprint density at radius 2 is 2.10 bits per heavy atom. The van der Waals surface area contributed by atoms with Crippen LogP contribution in [0.5, 0.6) is 5.75 Å². The Bertz CT molecular complexity index is 670. The lowest BCUT2D eigenvalue weighted by atomic mass is 9.89. The smallest absolute Gasteiger partial charge is 0.234 e. The molecule has 110 valence electrons. The second kappa shape index (κ2) is 4.98. The van der Waals surface area contributed by atoms with Crippen molar-refractivity contribution in [2.45, 2.75) is 33.1 Å². The van der Waals surface area contributed by atoms with Gasteiger partial charge >= 0.3 is 0 Å². The highest BCUT2D eigenvalue weighted by molar-refractivity contribution is 5.84. The number of nitrogens with zero attached hydrogens (tertiary/aromatic N) is 2. The van der Waals surface area contributed by atoms with E-state index in [-0.39, 0.29) is 18.1 Å². The highest BCUT2D eigenvalue weighted by Gasteiger charge is 2.30. The number of hydrogen-bond acceptors (Lipinski definition) is 5. The molecule has 0 saturated carbocycles. The fourth-order valence-corrected chi connectivity index (χ4v) is 2.26. The number of aromatic nitrogens is 2. The zero-order chi connectivity index (χ0) is 15.0. The molecule has 0 spiro atoms. The van der Waals surface area contributed by atoms with E-state index in [0.717, 1.165) is 11.3 Å². The molecular weight excluding hydrogens is 268 g/mol. The maximum Gasteiger partial charge on any atom is 0.234 e. The molecule has 0 amide bonds. The van der Waals surface area contributed by atoms with Crippen LogP contribution in [-0.4, -0.2) is 22.5 Å². The van der Waals surface area contributed by atoms with Crippen LogP contribution in [0.1, 0.15) is 44.0 Å². The fourth-order valence-electron chi connectivity index (χ4n) is 2.26. The molecule has 1 aromatic carbocycles. The van der Waals surface area contributed by atoms with E-state index in [9.17, 15) is 4.79 Å². The first-order valence-corrected chi connectivity index (χ1v) is 7.02. The molecule has 0 fully saturated rings. The normalized spacial score (nSPS) is 17.4. The summed E-state index contributed by atoms with van der Waals surface area (Å²) in [4.78, 5) is 16.4. The van der Waals surface area contributed by atoms with Crippen molar-refractivity contribution >= 4 is 5.78 Å². The Labute approximate surface area is 123 Å². The molecule has 2 aromatic rings. The largest absolute Gasteiger partial charge is 0.492 e. The number of para-hydroxylation sites is 1. The lowest BCUT2D eigenvalue weighted by Gasteiger charge is -2.14. The van der Waals surface area contributed by atoms with Crippen molar-refractivity contribution in [1.82, 2.24) is 10.1 Å². The first-order chi connectivity index (χ1) is 9.95. The van der Waals surface area contributed by atoms with Gasteiger partial charge < -0.3 is 9.26 Å². The van der Waals surface area contributed by atoms with Gasteiger partial charge in [0.2, 0.25) is 5.89 Å². The minimum absolute atomic E-state index is 0.0246. The van der Waals surface area contributed by atoms with E-state index in [1.54, 1.807) is 0 Å². The maximum atomic E-state index is 12.0. The monoisotopic (exact) mass is 286 g/mol. The second-order valence-corrected chi connectivity index (χ2v) is 6.30. The Balaban J connectivity index is 1.79. The number of hydrogen-bond donors (Lipinski definition) is 0. The first kappa shape index (κ1) is 13.8. The van der Waals surface area contributed by atoms with E-state index in [4.69, 9.17) is 9.26 Å². The van der Waals surface area contributed by atoms with Crippen molar-refractivity contribution in [3.05, 3.63) is 41.5 Å². The third kappa shape index (κ3) is 2.68. The molecule has 0 N–H and O–H groups in total. The molecule has 1 aliphatic heterocycles. The number of carbonyl (C=O) groups is 1. The molecular formula is C16H18N2O3. The standard InChI is InChI=1S/C16H18N2O3/c1-16(2,3)13(19)8-14-17-15(18-21-14)11-9-20-12-7-5-4-6-10(11)12/h4-7,11H,8-9H2,1-3H3. The molecule has 0 saturated heterocycles. The van der Waals surface area contributed by atoms with Crippen LogP contribution in [0.25, 0.3) is 0 Å². The third-order valence-corrected chi connectivity index (χ3v) is 3.64. The number of ether oxygens (including phenoxy) is 1. The SMILES string of the molecule is CC(C)(C)C(=O)Cc1nc(C2COc3ccccc32)no1. The summed E-state index contributed by atoms with van der Waals surface area (Å²) in [5.41, 5.74) is 0.657. The van der Waals surface area contributed by atoms with Crippen LogP contribution in [0, 0.1) is 5.41 Å². The molecule has 1 atom stereocenters. The summed E-state index contributed by atoms with van der Waals surface area (Å²) in [6, 6.07) is 7.83. The quantitative estimate of drug-likeness (QED) is 0.868. The van der Waals surface area contributed by atoms with Crippen LogP contribution in [0.2, 0.25) is 0 Å². The van der Waals surface area contributed by atoms with Crippen LogP contribution >= 0.6 is 0 Å². The Morgan fingerprint density at radius 3 is 2.86 bits per heavy atom. The van der Waals surface area contributed by atoms with Gasteiger partial charge in [0.25, 0.3) is 0 Å². The number of ketones is 1. The van der Waals surface area contributed by atoms with Gasteiger partial charge in [-0.25, -0.2) is 0 Å². The zero-order valence-corrected chi connectivity index (χ0v) is 12.4. The van der Waals surface area contributed by atoms with Crippen molar-refractivity contribution in [3.63, 3.8) is 0 Å². The predicted octanol–water partition coefficient (Wildman–Crippen LogP) is 2.75. The minimum Gasteiger partial charge on any atom is -0.492 e. The molecule has 1 unspecified atom stereocenters. The van der Waals surface area contributed by atoms with E-state index in [0.29, 0.717) is 18.3 Å². The van der Waals surface area contributed by atoms with Crippen LogP contribution in [0.4, 0.5) is 0 Å². The van der Waals surface area contributed by atoms with Gasteiger partial charge in [-0.1, -0.05) is 44.1 Å². The number of benzene rings is 1. The Kier molecular flexibility index (Phi) is 3.27. The summed E-state index contributed by atoms with van der Waals surface area (Å²) in [7, 11) is 0. The van der Waals surface area contributed by atoms with E-state index < -0.39 is 5.41 Å². The fraction of sp³-hybridized carbons (Fsp3) is 0.438. The lowest BCUT2D eigenvalue weighted by Crippen LogP contribution is -2.22. The summed E-state index contributed by atoms with van der Waals surface area (Å²) in [5, 5.41) is 4.01. The minimum atomic E-state index is -0.405. The lowest BCUT2D eigenvalue weighted by molar-refractivity contribution is -0.125. The summed E-state index contributed by atoms with van der Waals surface area (Å²) in [5.74, 6) is 1.87. The molecule has 2 heterocycles. The zero-order valence-electron chi connectivity index (χ0n) is 12.4. The predicted molar refractivity (Wildman–Crippen MR) is 76.2 cm³/mol. The third-order valence-electron chi connectivity index (χ3n) is 3.64. The maximum absolute atomic E-state index is 12.0. The summed E-state index contributed by atoms with van der Waals surface area (Å²) < 4.78 is 10.8. The van der Waals surface area contributed by atoms with E-state index in [1.165, 1.54) is 0 Å². The van der Waals surface area contributed by atoms with E-state index >= 15 is 0 Å². The summed E-state index contributed by atoms with van der Waals surface area (Å²) >= 11 is 0. The van der Waals surface area contributed by atoms with Crippen LogP contribution < -0.4 is 4.74 Å². The van der Waals surface area contributed by atoms with Crippen LogP contribution in [-0.2, 0) is 11.2 Å². The van der Waals surface area contributed by atoms with Gasteiger partial charge in [-0.05, 0) is 6.07 Å². The molecule has 0 radical (unpaired) electrons. The Morgan fingerprint density at radius 1 is 1.33 bits per heavy atom. The summed E-state index contributed by atoms with van der Waals surface area (Å²) in [6.45, 7) is 6.15. The van der Waals surface area contributed by atoms with Crippen LogP contribution in [0.3, 0.4) is 0 Å². The Hall–Kier alpha value is -2.17. The van der Waals surface area contributed by atoms with Gasteiger partial charge in [-0.3, -0.25) is 4.79 Å². The molecule has 3 rings (SSSR count). The second-order valence-electron chi connectivity index (χ2n) is 6.30. The molecule has 5 nitrogen and oxygen atoms in total. The number of fused-ring (bicyclic) bond motifs is 1. The van der Waals surface area contributed by atoms with Crippen molar-refractivity contribution in [3.8, 4) is 5.75 Å². The van der Waals surface area contributed by atoms with E-state index in [2.05, 4.69) is 10.1 Å². The molecule has 0 bridgehead atoms. The van der Waals surface area contributed by atoms with Gasteiger partial charge in [0.15, 0.2) is 5.82 Å². The van der Waals surface area contributed by atoms with Gasteiger partial charge in [0, 0.05) is 11.0 Å². The number of carbonyl (C=O) groups excluding carboxylic acids is 1.